The van der Waals surface area contributed by atoms with Crippen LogP contribution in [0.5, 0.6) is 0 Å². The highest BCUT2D eigenvalue weighted by Crippen LogP contribution is 2.23. The summed E-state index contributed by atoms with van der Waals surface area (Å²) in [6.07, 6.45) is 8.10. The van der Waals surface area contributed by atoms with Crippen molar-refractivity contribution >= 4 is 34.1 Å². The van der Waals surface area contributed by atoms with Gasteiger partial charge in [0.05, 0.1) is 5.56 Å². The van der Waals surface area contributed by atoms with Crippen LogP contribution in [0.25, 0.3) is 0 Å². The fourth-order valence-corrected chi connectivity index (χ4v) is 3.41. The maximum atomic E-state index is 11.9. The van der Waals surface area contributed by atoms with Gasteiger partial charge in [0.15, 0.2) is 0 Å². The molecule has 1 aromatic rings. The molecule has 0 fully saturated rings. The van der Waals surface area contributed by atoms with E-state index in [0.29, 0.717) is 17.1 Å². The second kappa shape index (κ2) is 9.22. The van der Waals surface area contributed by atoms with E-state index in [9.17, 15) is 14.4 Å². The van der Waals surface area contributed by atoms with Crippen LogP contribution in [-0.4, -0.2) is 24.3 Å². The summed E-state index contributed by atoms with van der Waals surface area (Å²) < 4.78 is 0. The van der Waals surface area contributed by atoms with Gasteiger partial charge >= 0.3 is 0 Å². The van der Waals surface area contributed by atoms with Gasteiger partial charge in [0, 0.05) is 19.4 Å². The summed E-state index contributed by atoms with van der Waals surface area (Å²) in [4.78, 5) is 34.8. The summed E-state index contributed by atoms with van der Waals surface area (Å²) >= 11 is 1.23. The Kier molecular flexibility index (Phi) is 6.99. The van der Waals surface area contributed by atoms with Crippen molar-refractivity contribution in [2.24, 2.45) is 5.73 Å². The molecular formula is C17H23N3O3S. The van der Waals surface area contributed by atoms with Crippen LogP contribution in [0.15, 0.2) is 23.1 Å². The number of thiophene rings is 1. The number of allylic oxidation sites excluding steroid dienone is 1. The van der Waals surface area contributed by atoms with Crippen LogP contribution in [-0.2, 0) is 9.59 Å². The minimum Gasteiger partial charge on any atom is -0.366 e. The molecule has 0 aliphatic heterocycles. The van der Waals surface area contributed by atoms with Gasteiger partial charge in [-0.25, -0.2) is 0 Å². The van der Waals surface area contributed by atoms with Crippen LogP contribution >= 0.6 is 11.3 Å². The SMILES string of the molecule is NC(=O)c1ccsc1NC(=O)CCC(=O)NCCC1=CCCCC1. The van der Waals surface area contributed by atoms with Gasteiger partial charge in [-0.15, -0.1) is 11.3 Å². The molecule has 0 saturated heterocycles. The van der Waals surface area contributed by atoms with Crippen molar-refractivity contribution in [1.82, 2.24) is 5.32 Å². The van der Waals surface area contributed by atoms with Crippen LogP contribution in [0.3, 0.4) is 0 Å². The first kappa shape index (κ1) is 18.2. The Balaban J connectivity index is 1.65. The molecule has 0 aromatic carbocycles. The molecule has 6 nitrogen and oxygen atoms in total. The highest BCUT2D eigenvalue weighted by atomic mass is 32.1. The molecule has 1 heterocycles. The Morgan fingerprint density at radius 3 is 2.67 bits per heavy atom. The number of rotatable bonds is 8. The van der Waals surface area contributed by atoms with Gasteiger partial charge < -0.3 is 16.4 Å². The third kappa shape index (κ3) is 5.81. The molecule has 0 atom stereocenters. The molecule has 2 rings (SSSR count). The standard InChI is InChI=1S/C17H23N3O3S/c18-16(23)13-9-11-24-17(13)20-15(22)7-6-14(21)19-10-8-12-4-2-1-3-5-12/h4,9,11H,1-3,5-8,10H2,(H2,18,23)(H,19,21)(H,20,22). The fraction of sp³-hybridized carbons (Fsp3) is 0.471. The summed E-state index contributed by atoms with van der Waals surface area (Å²) in [6.45, 7) is 0.614. The average Bonchev–Trinajstić information content (AvgIpc) is 3.02. The number of nitrogens with one attached hydrogen (secondary N) is 2. The maximum Gasteiger partial charge on any atom is 0.251 e. The molecule has 0 saturated carbocycles. The first-order chi connectivity index (χ1) is 11.6. The molecule has 0 radical (unpaired) electrons. The van der Waals surface area contributed by atoms with E-state index in [1.807, 2.05) is 0 Å². The number of anilines is 1. The van der Waals surface area contributed by atoms with E-state index in [-0.39, 0.29) is 24.7 Å². The van der Waals surface area contributed by atoms with Crippen LogP contribution in [0, 0.1) is 0 Å². The molecular weight excluding hydrogens is 326 g/mol. The predicted octanol–water partition coefficient (Wildman–Crippen LogP) is 2.57. The molecule has 7 heteroatoms. The van der Waals surface area contributed by atoms with Crippen LogP contribution < -0.4 is 16.4 Å². The van der Waals surface area contributed by atoms with Crippen molar-refractivity contribution in [1.29, 1.82) is 0 Å². The molecule has 0 unspecified atom stereocenters. The zero-order chi connectivity index (χ0) is 17.4. The van der Waals surface area contributed by atoms with Gasteiger partial charge in [0.2, 0.25) is 11.8 Å². The molecule has 1 aliphatic rings. The van der Waals surface area contributed by atoms with E-state index in [2.05, 4.69) is 16.7 Å². The highest BCUT2D eigenvalue weighted by Gasteiger charge is 2.13. The Labute approximate surface area is 145 Å². The van der Waals surface area contributed by atoms with E-state index < -0.39 is 5.91 Å². The Hall–Kier alpha value is -2.15. The largest absolute Gasteiger partial charge is 0.366 e. The highest BCUT2D eigenvalue weighted by molar-refractivity contribution is 7.14. The topological polar surface area (TPSA) is 101 Å². The van der Waals surface area contributed by atoms with E-state index in [0.717, 1.165) is 19.3 Å². The Morgan fingerprint density at radius 2 is 1.96 bits per heavy atom. The molecule has 4 N–H and O–H groups in total. The number of nitrogens with two attached hydrogens (primary N) is 1. The number of primary amides is 1. The number of amides is 3. The summed E-state index contributed by atoms with van der Waals surface area (Å²) in [5.74, 6) is -1.02. The molecule has 0 bridgehead atoms. The van der Waals surface area contributed by atoms with Crippen molar-refractivity contribution in [3.8, 4) is 0 Å². The molecule has 1 aliphatic carbocycles. The lowest BCUT2D eigenvalue weighted by atomic mass is 9.97. The van der Waals surface area contributed by atoms with Gasteiger partial charge in [-0.3, -0.25) is 14.4 Å². The van der Waals surface area contributed by atoms with E-state index in [1.165, 1.54) is 29.8 Å². The summed E-state index contributed by atoms with van der Waals surface area (Å²) in [7, 11) is 0. The van der Waals surface area contributed by atoms with Gasteiger partial charge in [0.25, 0.3) is 5.91 Å². The number of carbonyl (C=O) groups excluding carboxylic acids is 3. The number of hydrogen-bond acceptors (Lipinski definition) is 4. The molecule has 3 amide bonds. The van der Waals surface area contributed by atoms with Crippen molar-refractivity contribution in [3.63, 3.8) is 0 Å². The lowest BCUT2D eigenvalue weighted by Gasteiger charge is -2.12. The normalized spacial score (nSPS) is 13.9. The van der Waals surface area contributed by atoms with E-state index in [4.69, 9.17) is 5.73 Å². The van der Waals surface area contributed by atoms with Gasteiger partial charge in [-0.1, -0.05) is 11.6 Å². The van der Waals surface area contributed by atoms with E-state index >= 15 is 0 Å². The zero-order valence-electron chi connectivity index (χ0n) is 13.6. The third-order valence-corrected chi connectivity index (χ3v) is 4.75. The molecule has 130 valence electrons. The number of hydrogen-bond donors (Lipinski definition) is 3. The van der Waals surface area contributed by atoms with Crippen LogP contribution in [0.4, 0.5) is 5.00 Å². The summed E-state index contributed by atoms with van der Waals surface area (Å²) in [6, 6.07) is 1.56. The minimum atomic E-state index is -0.582. The first-order valence-electron chi connectivity index (χ1n) is 8.18. The Morgan fingerprint density at radius 1 is 1.17 bits per heavy atom. The van der Waals surface area contributed by atoms with Crippen molar-refractivity contribution in [2.45, 2.75) is 44.9 Å². The third-order valence-electron chi connectivity index (χ3n) is 3.92. The summed E-state index contributed by atoms with van der Waals surface area (Å²) in [5, 5.41) is 7.58. The van der Waals surface area contributed by atoms with Gasteiger partial charge in [-0.2, -0.15) is 0 Å². The van der Waals surface area contributed by atoms with Gasteiger partial charge in [0.1, 0.15) is 5.00 Å². The van der Waals surface area contributed by atoms with E-state index in [1.54, 1.807) is 11.4 Å². The summed E-state index contributed by atoms with van der Waals surface area (Å²) in [5.41, 5.74) is 6.92. The van der Waals surface area contributed by atoms with Crippen molar-refractivity contribution in [3.05, 3.63) is 28.7 Å². The lowest BCUT2D eigenvalue weighted by molar-refractivity contribution is -0.124. The fourth-order valence-electron chi connectivity index (χ4n) is 2.60. The molecule has 0 spiro atoms. The monoisotopic (exact) mass is 349 g/mol. The molecule has 24 heavy (non-hydrogen) atoms. The average molecular weight is 349 g/mol. The zero-order valence-corrected chi connectivity index (χ0v) is 14.4. The second-order valence-corrected chi connectivity index (χ2v) is 6.70. The quantitative estimate of drug-likeness (QED) is 0.629. The predicted molar refractivity (Wildman–Crippen MR) is 94.9 cm³/mol. The van der Waals surface area contributed by atoms with Crippen LogP contribution in [0.1, 0.15) is 55.3 Å². The van der Waals surface area contributed by atoms with Crippen molar-refractivity contribution in [2.75, 3.05) is 11.9 Å². The maximum absolute atomic E-state index is 11.9. The van der Waals surface area contributed by atoms with Gasteiger partial charge in [-0.05, 0) is 43.6 Å². The van der Waals surface area contributed by atoms with Crippen molar-refractivity contribution < 1.29 is 14.4 Å². The smallest absolute Gasteiger partial charge is 0.251 e. The Bertz CT molecular complexity index is 637. The number of carbonyl (C=O) groups is 3. The molecule has 1 aromatic heterocycles. The second-order valence-electron chi connectivity index (χ2n) is 5.78. The lowest BCUT2D eigenvalue weighted by Crippen LogP contribution is -2.26. The minimum absolute atomic E-state index is 0.0740. The van der Waals surface area contributed by atoms with Crippen LogP contribution in [0.2, 0.25) is 0 Å². The first-order valence-corrected chi connectivity index (χ1v) is 9.06.